The van der Waals surface area contributed by atoms with Gasteiger partial charge < -0.3 is 16.4 Å². The van der Waals surface area contributed by atoms with Crippen molar-refractivity contribution in [3.05, 3.63) is 29.8 Å². The van der Waals surface area contributed by atoms with Gasteiger partial charge in [0.05, 0.1) is 11.3 Å². The molecule has 0 unspecified atom stereocenters. The maximum atomic E-state index is 12.2. The molecule has 1 aliphatic rings. The third-order valence-corrected chi connectivity index (χ3v) is 4.03. The van der Waals surface area contributed by atoms with E-state index in [1.54, 1.807) is 18.2 Å². The lowest BCUT2D eigenvalue weighted by atomic mass is 9.99. The van der Waals surface area contributed by atoms with Crippen molar-refractivity contribution >= 4 is 29.9 Å². The number of para-hydroxylation sites is 1. The summed E-state index contributed by atoms with van der Waals surface area (Å²) in [5.41, 5.74) is 7.05. The molecule has 0 bridgehead atoms. The molecule has 2 atom stereocenters. The van der Waals surface area contributed by atoms with Crippen LogP contribution >= 0.6 is 12.4 Å². The zero-order chi connectivity index (χ0) is 16.1. The van der Waals surface area contributed by atoms with Crippen LogP contribution in [0, 0.1) is 5.92 Å². The van der Waals surface area contributed by atoms with Gasteiger partial charge in [0.15, 0.2) is 0 Å². The van der Waals surface area contributed by atoms with Gasteiger partial charge in [-0.3, -0.25) is 9.59 Å². The van der Waals surface area contributed by atoms with Crippen molar-refractivity contribution in [2.45, 2.75) is 51.6 Å². The van der Waals surface area contributed by atoms with Gasteiger partial charge in [-0.15, -0.1) is 12.4 Å². The number of amides is 2. The summed E-state index contributed by atoms with van der Waals surface area (Å²) in [5, 5.41) is 5.70. The molecule has 2 amide bonds. The number of anilines is 1. The normalized spacial score (nSPS) is 20.0. The average Bonchev–Trinajstić information content (AvgIpc) is 2.84. The van der Waals surface area contributed by atoms with Crippen LogP contribution in [0.15, 0.2) is 24.3 Å². The van der Waals surface area contributed by atoms with Crippen molar-refractivity contribution in [3.63, 3.8) is 0 Å². The van der Waals surface area contributed by atoms with Crippen molar-refractivity contribution < 1.29 is 9.59 Å². The Morgan fingerprint density at radius 2 is 1.96 bits per heavy atom. The first-order valence-corrected chi connectivity index (χ1v) is 7.92. The fourth-order valence-corrected chi connectivity index (χ4v) is 2.89. The molecule has 1 saturated carbocycles. The van der Waals surface area contributed by atoms with Gasteiger partial charge in [-0.25, -0.2) is 0 Å². The Kier molecular flexibility index (Phi) is 7.52. The Morgan fingerprint density at radius 1 is 1.26 bits per heavy atom. The largest absolute Gasteiger partial charge is 0.350 e. The Morgan fingerprint density at radius 3 is 2.57 bits per heavy atom. The number of hydrogen-bond acceptors (Lipinski definition) is 3. The molecule has 1 aromatic rings. The molecule has 0 radical (unpaired) electrons. The minimum Gasteiger partial charge on any atom is -0.350 e. The topological polar surface area (TPSA) is 84.2 Å². The Labute approximate surface area is 143 Å². The van der Waals surface area contributed by atoms with Crippen molar-refractivity contribution in [2.75, 3.05) is 5.32 Å². The van der Waals surface area contributed by atoms with Crippen molar-refractivity contribution in [1.82, 2.24) is 5.32 Å². The molecular formula is C17H26ClN3O2. The van der Waals surface area contributed by atoms with Crippen LogP contribution < -0.4 is 16.4 Å². The molecule has 2 rings (SSSR count). The number of carbonyl (C=O) groups excluding carboxylic acids is 2. The van der Waals surface area contributed by atoms with Crippen LogP contribution in [0.3, 0.4) is 0 Å². The molecule has 5 nitrogen and oxygen atoms in total. The zero-order valence-electron chi connectivity index (χ0n) is 13.7. The molecule has 0 aliphatic heterocycles. The molecule has 0 saturated heterocycles. The maximum Gasteiger partial charge on any atom is 0.253 e. The third-order valence-electron chi connectivity index (χ3n) is 4.03. The number of nitrogens with one attached hydrogen (secondary N) is 2. The summed E-state index contributed by atoms with van der Waals surface area (Å²) in [6.07, 6.45) is 3.50. The third kappa shape index (κ3) is 5.52. The highest BCUT2D eigenvalue weighted by Gasteiger charge is 2.26. The van der Waals surface area contributed by atoms with Crippen LogP contribution in [0.5, 0.6) is 0 Å². The Bertz CT molecular complexity index is 548. The quantitative estimate of drug-likeness (QED) is 0.771. The smallest absolute Gasteiger partial charge is 0.253 e. The maximum absolute atomic E-state index is 12.2. The number of benzene rings is 1. The highest BCUT2D eigenvalue weighted by Crippen LogP contribution is 2.27. The number of halogens is 1. The first-order chi connectivity index (χ1) is 10.5. The molecule has 0 heterocycles. The summed E-state index contributed by atoms with van der Waals surface area (Å²) in [5.74, 6) is -0.00716. The molecule has 0 spiro atoms. The summed E-state index contributed by atoms with van der Waals surface area (Å²) < 4.78 is 0. The summed E-state index contributed by atoms with van der Waals surface area (Å²) in [4.78, 5) is 24.4. The molecule has 128 valence electrons. The second-order valence-electron chi connectivity index (χ2n) is 6.28. The van der Waals surface area contributed by atoms with E-state index in [1.807, 2.05) is 19.9 Å². The molecule has 23 heavy (non-hydrogen) atoms. The number of rotatable bonds is 5. The highest BCUT2D eigenvalue weighted by molar-refractivity contribution is 6.03. The summed E-state index contributed by atoms with van der Waals surface area (Å²) in [7, 11) is 0. The van der Waals surface area contributed by atoms with Crippen LogP contribution in [-0.4, -0.2) is 23.9 Å². The fourth-order valence-electron chi connectivity index (χ4n) is 2.89. The van der Waals surface area contributed by atoms with Gasteiger partial charge in [-0.2, -0.15) is 0 Å². The van der Waals surface area contributed by atoms with E-state index in [0.717, 1.165) is 19.3 Å². The van der Waals surface area contributed by atoms with Crippen LogP contribution in [-0.2, 0) is 4.79 Å². The van der Waals surface area contributed by atoms with E-state index in [9.17, 15) is 9.59 Å². The Hall–Kier alpha value is -1.59. The van der Waals surface area contributed by atoms with Crippen molar-refractivity contribution in [2.24, 2.45) is 11.7 Å². The predicted octanol–water partition coefficient (Wildman–Crippen LogP) is 2.70. The predicted molar refractivity (Wildman–Crippen MR) is 94.9 cm³/mol. The standard InChI is InChI=1S/C17H25N3O2.ClH/c1-11(2)19-17(22)13-7-3-4-9-15(13)20-16(21)10-12-6-5-8-14(12)18;/h3-4,7,9,11-12,14H,5-6,8,10,18H2,1-2H3,(H,19,22)(H,20,21);1H/t12-,14+;/m0./s1. The van der Waals surface area contributed by atoms with E-state index in [4.69, 9.17) is 5.73 Å². The highest BCUT2D eigenvalue weighted by atomic mass is 35.5. The van der Waals surface area contributed by atoms with Gasteiger partial charge in [-0.05, 0) is 44.7 Å². The van der Waals surface area contributed by atoms with Crippen LogP contribution in [0.25, 0.3) is 0 Å². The Balaban J connectivity index is 0.00000264. The van der Waals surface area contributed by atoms with E-state index in [1.165, 1.54) is 0 Å². The van der Waals surface area contributed by atoms with Gasteiger partial charge in [0.2, 0.25) is 5.91 Å². The van der Waals surface area contributed by atoms with E-state index in [-0.39, 0.29) is 42.2 Å². The van der Waals surface area contributed by atoms with Gasteiger partial charge in [0, 0.05) is 18.5 Å². The minimum absolute atomic E-state index is 0. The van der Waals surface area contributed by atoms with E-state index in [0.29, 0.717) is 17.7 Å². The molecule has 6 heteroatoms. The first-order valence-electron chi connectivity index (χ1n) is 7.92. The van der Waals surface area contributed by atoms with Crippen molar-refractivity contribution in [1.29, 1.82) is 0 Å². The number of nitrogens with two attached hydrogens (primary N) is 1. The molecule has 0 aromatic heterocycles. The second kappa shape index (κ2) is 8.89. The lowest BCUT2D eigenvalue weighted by Crippen LogP contribution is -2.31. The first kappa shape index (κ1) is 19.5. The van der Waals surface area contributed by atoms with Gasteiger partial charge in [0.25, 0.3) is 5.91 Å². The molecule has 1 fully saturated rings. The zero-order valence-corrected chi connectivity index (χ0v) is 14.5. The summed E-state index contributed by atoms with van der Waals surface area (Å²) in [6.45, 7) is 3.81. The number of carbonyl (C=O) groups is 2. The van der Waals surface area contributed by atoms with Gasteiger partial charge in [-0.1, -0.05) is 18.6 Å². The monoisotopic (exact) mass is 339 g/mol. The molecule has 4 N–H and O–H groups in total. The van der Waals surface area contributed by atoms with Crippen LogP contribution in [0.1, 0.15) is 49.9 Å². The van der Waals surface area contributed by atoms with Crippen molar-refractivity contribution in [3.8, 4) is 0 Å². The fraction of sp³-hybridized carbons (Fsp3) is 0.529. The van der Waals surface area contributed by atoms with E-state index < -0.39 is 0 Å². The SMILES string of the molecule is CC(C)NC(=O)c1ccccc1NC(=O)C[C@@H]1CCC[C@H]1N.Cl. The summed E-state index contributed by atoms with van der Waals surface area (Å²) >= 11 is 0. The molecule has 1 aliphatic carbocycles. The average molecular weight is 340 g/mol. The summed E-state index contributed by atoms with van der Waals surface area (Å²) in [6, 6.07) is 7.23. The van der Waals surface area contributed by atoms with E-state index in [2.05, 4.69) is 10.6 Å². The molecular weight excluding hydrogens is 314 g/mol. The van der Waals surface area contributed by atoms with E-state index >= 15 is 0 Å². The second-order valence-corrected chi connectivity index (χ2v) is 6.28. The lowest BCUT2D eigenvalue weighted by molar-refractivity contribution is -0.117. The van der Waals surface area contributed by atoms with Crippen LogP contribution in [0.2, 0.25) is 0 Å². The number of hydrogen-bond donors (Lipinski definition) is 3. The van der Waals surface area contributed by atoms with Gasteiger partial charge in [0.1, 0.15) is 0 Å². The minimum atomic E-state index is -0.177. The molecule has 1 aromatic carbocycles. The van der Waals surface area contributed by atoms with Crippen LogP contribution in [0.4, 0.5) is 5.69 Å². The van der Waals surface area contributed by atoms with Gasteiger partial charge >= 0.3 is 0 Å². The lowest BCUT2D eigenvalue weighted by Gasteiger charge is -2.16.